The smallest absolute Gasteiger partial charge is 0.356 e. The molecule has 6 nitrogen and oxygen atoms in total. The molecule has 3 aromatic rings. The topological polar surface area (TPSA) is 73.5 Å². The number of aromatic nitrogens is 1. The van der Waals surface area contributed by atoms with E-state index in [1.807, 2.05) is 66.2 Å². The van der Waals surface area contributed by atoms with Gasteiger partial charge in [0, 0.05) is 12.4 Å². The standard InChI is InChI=1S/C24H20N2O4/c1-14-17(13-25)19-21(15-9-5-4-6-10-15)29-22-20(24(19,30-14)23(27)28-3)16-11-7-8-12-18(16)26(22)2/h4-12,19,21H,1-3H3/t19-,21-,24-/m1/s1. The minimum Gasteiger partial charge on any atom is -0.473 e. The Bertz CT molecular complexity index is 1250. The first-order valence-electron chi connectivity index (χ1n) is 9.72. The maximum Gasteiger partial charge on any atom is 0.356 e. The SMILES string of the molecule is COC(=O)[C@@]12OC(C)=C(C#N)[C@@H]1[C@@H](c1ccccc1)Oc1c2c2ccccc2n1C. The van der Waals surface area contributed by atoms with Gasteiger partial charge in [-0.2, -0.15) is 5.26 Å². The van der Waals surface area contributed by atoms with E-state index >= 15 is 0 Å². The van der Waals surface area contributed by atoms with Crippen molar-refractivity contribution in [3.63, 3.8) is 0 Å². The number of carbonyl (C=O) groups excluding carboxylic acids is 1. The maximum atomic E-state index is 13.4. The van der Waals surface area contributed by atoms with Gasteiger partial charge in [-0.05, 0) is 18.6 Å². The molecule has 30 heavy (non-hydrogen) atoms. The number of nitriles is 1. The van der Waals surface area contributed by atoms with Gasteiger partial charge in [0.15, 0.2) is 0 Å². The molecule has 6 heteroatoms. The van der Waals surface area contributed by atoms with Crippen LogP contribution in [0, 0.1) is 17.2 Å². The van der Waals surface area contributed by atoms with Crippen LogP contribution >= 0.6 is 0 Å². The van der Waals surface area contributed by atoms with E-state index in [-0.39, 0.29) is 0 Å². The zero-order chi connectivity index (χ0) is 21.0. The summed E-state index contributed by atoms with van der Waals surface area (Å²) in [6.07, 6.45) is -0.590. The van der Waals surface area contributed by atoms with Crippen LogP contribution in [-0.4, -0.2) is 17.6 Å². The van der Waals surface area contributed by atoms with E-state index in [4.69, 9.17) is 14.2 Å². The number of benzene rings is 2. The zero-order valence-electron chi connectivity index (χ0n) is 16.9. The number of ether oxygens (including phenoxy) is 3. The fourth-order valence-corrected chi connectivity index (χ4v) is 4.88. The number of methoxy groups -OCH3 is 1. The van der Waals surface area contributed by atoms with Gasteiger partial charge in [0.1, 0.15) is 11.9 Å². The molecule has 0 radical (unpaired) electrons. The third-order valence-corrected chi connectivity index (χ3v) is 6.15. The number of nitrogens with zero attached hydrogens (tertiary/aromatic N) is 2. The lowest BCUT2D eigenvalue weighted by molar-refractivity contribution is -0.174. The normalized spacial score (nSPS) is 24.5. The molecule has 3 atom stereocenters. The molecule has 0 saturated carbocycles. The first-order chi connectivity index (χ1) is 14.5. The Labute approximate surface area is 173 Å². The molecule has 0 amide bonds. The lowest BCUT2D eigenvalue weighted by Crippen LogP contribution is -2.49. The monoisotopic (exact) mass is 400 g/mol. The van der Waals surface area contributed by atoms with Gasteiger partial charge < -0.3 is 18.8 Å². The van der Waals surface area contributed by atoms with Crippen molar-refractivity contribution in [3.05, 3.63) is 77.1 Å². The third kappa shape index (κ3) is 2.15. The van der Waals surface area contributed by atoms with Gasteiger partial charge in [-0.25, -0.2) is 4.79 Å². The molecule has 150 valence electrons. The Hall–Kier alpha value is -3.72. The van der Waals surface area contributed by atoms with Crippen LogP contribution in [-0.2, 0) is 26.9 Å². The zero-order valence-corrected chi connectivity index (χ0v) is 16.9. The van der Waals surface area contributed by atoms with E-state index in [1.54, 1.807) is 6.92 Å². The van der Waals surface area contributed by atoms with Crippen LogP contribution in [0.25, 0.3) is 10.9 Å². The van der Waals surface area contributed by atoms with Gasteiger partial charge in [-0.15, -0.1) is 0 Å². The fraction of sp³-hybridized carbons (Fsp3) is 0.250. The van der Waals surface area contributed by atoms with Gasteiger partial charge >= 0.3 is 5.97 Å². The number of aryl methyl sites for hydroxylation is 1. The van der Waals surface area contributed by atoms with Crippen molar-refractivity contribution >= 4 is 16.9 Å². The maximum absolute atomic E-state index is 13.4. The summed E-state index contributed by atoms with van der Waals surface area (Å²) in [5.41, 5.74) is 1.27. The largest absolute Gasteiger partial charge is 0.473 e. The number of rotatable bonds is 2. The molecule has 0 N–H and O–H groups in total. The van der Waals surface area contributed by atoms with Gasteiger partial charge in [-0.3, -0.25) is 0 Å². The van der Waals surface area contributed by atoms with Crippen LogP contribution < -0.4 is 4.74 Å². The van der Waals surface area contributed by atoms with E-state index < -0.39 is 23.6 Å². The highest BCUT2D eigenvalue weighted by Gasteiger charge is 2.65. The lowest BCUT2D eigenvalue weighted by Gasteiger charge is -2.41. The van der Waals surface area contributed by atoms with Crippen molar-refractivity contribution in [1.82, 2.24) is 4.57 Å². The molecule has 1 aromatic heterocycles. The summed E-state index contributed by atoms with van der Waals surface area (Å²) in [7, 11) is 3.24. The quantitative estimate of drug-likeness (QED) is 0.605. The van der Waals surface area contributed by atoms with Gasteiger partial charge in [0.2, 0.25) is 11.5 Å². The summed E-state index contributed by atoms with van der Waals surface area (Å²) in [5.74, 6) is -0.258. The molecule has 0 fully saturated rings. The summed E-state index contributed by atoms with van der Waals surface area (Å²) in [4.78, 5) is 13.4. The number of hydrogen-bond acceptors (Lipinski definition) is 5. The number of allylic oxidation sites excluding steroid dienone is 1. The molecule has 3 heterocycles. The Balaban J connectivity index is 1.90. The first kappa shape index (κ1) is 18.3. The summed E-state index contributed by atoms with van der Waals surface area (Å²) < 4.78 is 20.0. The highest BCUT2D eigenvalue weighted by molar-refractivity contribution is 5.96. The number of carbonyl (C=O) groups is 1. The Morgan fingerprint density at radius 1 is 1.17 bits per heavy atom. The minimum absolute atomic E-state index is 0.396. The first-order valence-corrected chi connectivity index (χ1v) is 9.72. The van der Waals surface area contributed by atoms with Crippen LogP contribution in [0.4, 0.5) is 0 Å². The van der Waals surface area contributed by atoms with Crippen molar-refractivity contribution in [2.24, 2.45) is 13.0 Å². The summed E-state index contributed by atoms with van der Waals surface area (Å²) >= 11 is 0. The van der Waals surface area contributed by atoms with Gasteiger partial charge in [0.25, 0.3) is 0 Å². The average molecular weight is 400 g/mol. The molecule has 0 unspecified atom stereocenters. The van der Waals surface area contributed by atoms with Crippen molar-refractivity contribution in [1.29, 1.82) is 5.26 Å². The lowest BCUT2D eigenvalue weighted by atomic mass is 9.72. The number of hydrogen-bond donors (Lipinski definition) is 0. The summed E-state index contributed by atoms with van der Waals surface area (Å²) in [5, 5.41) is 10.8. The Kier molecular flexibility index (Phi) is 3.90. The molecule has 2 aromatic carbocycles. The van der Waals surface area contributed by atoms with Crippen LogP contribution in [0.2, 0.25) is 0 Å². The third-order valence-electron chi connectivity index (χ3n) is 6.15. The molecule has 5 rings (SSSR count). The van der Waals surface area contributed by atoms with Crippen LogP contribution in [0.5, 0.6) is 5.88 Å². The molecule has 0 saturated heterocycles. The average Bonchev–Trinajstić information content (AvgIpc) is 3.25. The highest BCUT2D eigenvalue weighted by Crippen LogP contribution is 2.60. The Morgan fingerprint density at radius 3 is 2.57 bits per heavy atom. The predicted molar refractivity (Wildman–Crippen MR) is 109 cm³/mol. The number of para-hydroxylation sites is 1. The van der Waals surface area contributed by atoms with Crippen molar-refractivity contribution in [2.75, 3.05) is 7.11 Å². The molecule has 2 aliphatic heterocycles. The van der Waals surface area contributed by atoms with Crippen molar-refractivity contribution in [3.8, 4) is 11.9 Å². The van der Waals surface area contributed by atoms with E-state index in [0.29, 0.717) is 22.8 Å². The van der Waals surface area contributed by atoms with Gasteiger partial charge in [0.05, 0.1) is 35.8 Å². The Morgan fingerprint density at radius 2 is 1.87 bits per heavy atom. The second-order valence-electron chi connectivity index (χ2n) is 7.59. The highest BCUT2D eigenvalue weighted by atomic mass is 16.6. The molecule has 0 spiro atoms. The van der Waals surface area contributed by atoms with Crippen molar-refractivity contribution in [2.45, 2.75) is 18.6 Å². The summed E-state index contributed by atoms with van der Waals surface area (Å²) in [6.45, 7) is 1.72. The summed E-state index contributed by atoms with van der Waals surface area (Å²) in [6, 6.07) is 19.6. The van der Waals surface area contributed by atoms with E-state index in [1.165, 1.54) is 7.11 Å². The van der Waals surface area contributed by atoms with Crippen LogP contribution in [0.3, 0.4) is 0 Å². The molecular weight excluding hydrogens is 380 g/mol. The predicted octanol–water partition coefficient (Wildman–Crippen LogP) is 4.12. The van der Waals surface area contributed by atoms with E-state index in [9.17, 15) is 10.1 Å². The second-order valence-corrected chi connectivity index (χ2v) is 7.59. The van der Waals surface area contributed by atoms with E-state index in [0.717, 1.165) is 16.5 Å². The minimum atomic E-state index is -1.50. The van der Waals surface area contributed by atoms with Crippen LogP contribution in [0.1, 0.15) is 24.2 Å². The van der Waals surface area contributed by atoms with Gasteiger partial charge in [-0.1, -0.05) is 48.5 Å². The second kappa shape index (κ2) is 6.39. The molecule has 0 aliphatic carbocycles. The number of esters is 1. The molecular formula is C24H20N2O4. The molecule has 2 aliphatic rings. The molecule has 0 bridgehead atoms. The fourth-order valence-electron chi connectivity index (χ4n) is 4.88. The van der Waals surface area contributed by atoms with Crippen LogP contribution in [0.15, 0.2) is 65.9 Å². The van der Waals surface area contributed by atoms with E-state index in [2.05, 4.69) is 6.07 Å². The van der Waals surface area contributed by atoms with Crippen molar-refractivity contribution < 1.29 is 19.0 Å². The number of fused-ring (bicyclic) bond motifs is 5.